The van der Waals surface area contributed by atoms with Gasteiger partial charge in [0.2, 0.25) is 5.91 Å². The van der Waals surface area contributed by atoms with Gasteiger partial charge in [-0.15, -0.1) is 0 Å². The molecule has 0 bridgehead atoms. The molecule has 0 saturated heterocycles. The van der Waals surface area contributed by atoms with Gasteiger partial charge in [-0.1, -0.05) is 42.8 Å². The average Bonchev–Trinajstić information content (AvgIpc) is 2.61. The van der Waals surface area contributed by atoms with Crippen LogP contribution >= 0.6 is 0 Å². The fourth-order valence-electron chi connectivity index (χ4n) is 3.23. The first kappa shape index (κ1) is 17.7. The summed E-state index contributed by atoms with van der Waals surface area (Å²) < 4.78 is 0. The highest BCUT2D eigenvalue weighted by molar-refractivity contribution is 6.39. The van der Waals surface area contributed by atoms with Gasteiger partial charge in [-0.25, -0.2) is 0 Å². The van der Waals surface area contributed by atoms with E-state index in [1.807, 2.05) is 18.2 Å². The molecule has 3 amide bonds. The van der Waals surface area contributed by atoms with E-state index >= 15 is 0 Å². The summed E-state index contributed by atoms with van der Waals surface area (Å²) in [7, 11) is 0. The lowest BCUT2D eigenvalue weighted by Crippen LogP contribution is -2.48. The van der Waals surface area contributed by atoms with Crippen molar-refractivity contribution < 1.29 is 14.4 Å². The lowest BCUT2D eigenvalue weighted by Gasteiger charge is -2.42. The standard InChI is InChI=1S/C20H21N3O3/c21-17(24)14-6-4-9-16(12-14)23-19(26)18(25)22-13-20(10-5-11-20)15-7-2-1-3-8-15/h1-4,6-9,12H,5,10-11,13H2,(H2,21,24)(H,22,25)(H,23,26). The molecule has 6 heteroatoms. The van der Waals surface area contributed by atoms with Gasteiger partial charge in [-0.05, 0) is 36.6 Å². The first-order valence-corrected chi connectivity index (χ1v) is 8.55. The van der Waals surface area contributed by atoms with Crippen LogP contribution in [0.3, 0.4) is 0 Å². The van der Waals surface area contributed by atoms with Crippen LogP contribution in [0, 0.1) is 0 Å². The molecule has 0 atom stereocenters. The first-order valence-electron chi connectivity index (χ1n) is 8.55. The summed E-state index contributed by atoms with van der Waals surface area (Å²) in [5.41, 5.74) is 6.92. The highest BCUT2D eigenvalue weighted by Gasteiger charge is 2.39. The molecule has 134 valence electrons. The van der Waals surface area contributed by atoms with Crippen LogP contribution in [0.15, 0.2) is 54.6 Å². The van der Waals surface area contributed by atoms with Gasteiger partial charge in [0, 0.05) is 23.2 Å². The second-order valence-corrected chi connectivity index (χ2v) is 6.58. The Kier molecular flexibility index (Phi) is 5.02. The van der Waals surface area contributed by atoms with E-state index in [1.54, 1.807) is 12.1 Å². The van der Waals surface area contributed by atoms with Gasteiger partial charge in [-0.2, -0.15) is 0 Å². The number of hydrogen-bond donors (Lipinski definition) is 3. The summed E-state index contributed by atoms with van der Waals surface area (Å²) in [6, 6.07) is 16.2. The molecule has 0 heterocycles. The number of primary amides is 1. The quantitative estimate of drug-likeness (QED) is 0.718. The Morgan fingerprint density at radius 2 is 1.69 bits per heavy atom. The molecule has 26 heavy (non-hydrogen) atoms. The Labute approximate surface area is 151 Å². The minimum absolute atomic E-state index is 0.0942. The maximum absolute atomic E-state index is 12.2. The number of amides is 3. The van der Waals surface area contributed by atoms with Crippen molar-refractivity contribution in [2.24, 2.45) is 5.73 Å². The molecule has 6 nitrogen and oxygen atoms in total. The average molecular weight is 351 g/mol. The van der Waals surface area contributed by atoms with Gasteiger partial charge < -0.3 is 16.4 Å². The molecule has 0 spiro atoms. The number of nitrogens with two attached hydrogens (primary N) is 1. The van der Waals surface area contributed by atoms with Crippen molar-refractivity contribution in [1.29, 1.82) is 0 Å². The molecule has 4 N–H and O–H groups in total. The van der Waals surface area contributed by atoms with Crippen molar-refractivity contribution >= 4 is 23.4 Å². The second kappa shape index (κ2) is 7.39. The molecule has 0 radical (unpaired) electrons. The first-order chi connectivity index (χ1) is 12.5. The molecule has 0 aliphatic heterocycles. The van der Waals surface area contributed by atoms with E-state index in [4.69, 9.17) is 5.73 Å². The van der Waals surface area contributed by atoms with Crippen LogP contribution in [-0.4, -0.2) is 24.3 Å². The van der Waals surface area contributed by atoms with E-state index in [0.29, 0.717) is 12.2 Å². The van der Waals surface area contributed by atoms with Gasteiger partial charge in [-0.3, -0.25) is 14.4 Å². The third kappa shape index (κ3) is 3.74. The van der Waals surface area contributed by atoms with Crippen LogP contribution in [0.5, 0.6) is 0 Å². The second-order valence-electron chi connectivity index (χ2n) is 6.58. The summed E-state index contributed by atoms with van der Waals surface area (Å²) in [6.07, 6.45) is 3.08. The van der Waals surface area contributed by atoms with Crippen LogP contribution in [0.4, 0.5) is 5.69 Å². The number of carbonyl (C=O) groups excluding carboxylic acids is 3. The van der Waals surface area contributed by atoms with Crippen LogP contribution in [0.1, 0.15) is 35.2 Å². The highest BCUT2D eigenvalue weighted by Crippen LogP contribution is 2.43. The molecule has 2 aromatic rings. The molecule has 1 fully saturated rings. The lowest BCUT2D eigenvalue weighted by atomic mass is 9.64. The number of benzene rings is 2. The zero-order valence-electron chi connectivity index (χ0n) is 14.3. The summed E-state index contributed by atoms with van der Waals surface area (Å²) >= 11 is 0. The van der Waals surface area contributed by atoms with E-state index < -0.39 is 17.7 Å². The fraction of sp³-hybridized carbons (Fsp3) is 0.250. The largest absolute Gasteiger partial charge is 0.366 e. The van der Waals surface area contributed by atoms with Crippen molar-refractivity contribution in [2.75, 3.05) is 11.9 Å². The minimum atomic E-state index is -0.769. The maximum Gasteiger partial charge on any atom is 0.313 e. The molecular weight excluding hydrogens is 330 g/mol. The Bertz CT molecular complexity index is 829. The maximum atomic E-state index is 12.2. The predicted octanol–water partition coefficient (Wildman–Crippen LogP) is 1.96. The van der Waals surface area contributed by atoms with Gasteiger partial charge in [0.25, 0.3) is 0 Å². The molecule has 1 saturated carbocycles. The van der Waals surface area contributed by atoms with Gasteiger partial charge in [0.05, 0.1) is 0 Å². The van der Waals surface area contributed by atoms with Crippen molar-refractivity contribution in [3.05, 3.63) is 65.7 Å². The third-order valence-corrected chi connectivity index (χ3v) is 4.90. The summed E-state index contributed by atoms with van der Waals surface area (Å²) in [5.74, 6) is -2.06. The van der Waals surface area contributed by atoms with Gasteiger partial charge in [0.15, 0.2) is 0 Å². The predicted molar refractivity (Wildman–Crippen MR) is 98.6 cm³/mol. The summed E-state index contributed by atoms with van der Waals surface area (Å²) in [4.78, 5) is 35.5. The minimum Gasteiger partial charge on any atom is -0.366 e. The molecule has 2 aromatic carbocycles. The number of carbonyl (C=O) groups is 3. The zero-order valence-corrected chi connectivity index (χ0v) is 14.3. The van der Waals surface area contributed by atoms with Crippen molar-refractivity contribution in [2.45, 2.75) is 24.7 Å². The zero-order chi connectivity index (χ0) is 18.6. The number of hydrogen-bond acceptors (Lipinski definition) is 3. The SMILES string of the molecule is NC(=O)c1cccc(NC(=O)C(=O)NCC2(c3ccccc3)CCC2)c1. The Balaban J connectivity index is 1.60. The van der Waals surface area contributed by atoms with E-state index in [2.05, 4.69) is 22.8 Å². The number of nitrogens with one attached hydrogen (secondary N) is 2. The van der Waals surface area contributed by atoms with Gasteiger partial charge >= 0.3 is 11.8 Å². The smallest absolute Gasteiger partial charge is 0.313 e. The molecule has 1 aliphatic carbocycles. The van der Waals surface area contributed by atoms with E-state index in [1.165, 1.54) is 17.7 Å². The summed E-state index contributed by atoms with van der Waals surface area (Å²) in [6.45, 7) is 0.421. The topological polar surface area (TPSA) is 101 Å². The lowest BCUT2D eigenvalue weighted by molar-refractivity contribution is -0.136. The third-order valence-electron chi connectivity index (χ3n) is 4.90. The van der Waals surface area contributed by atoms with Crippen LogP contribution in [0.2, 0.25) is 0 Å². The monoisotopic (exact) mass is 351 g/mol. The van der Waals surface area contributed by atoms with Crippen molar-refractivity contribution in [3.8, 4) is 0 Å². The molecule has 3 rings (SSSR count). The number of rotatable bonds is 5. The molecule has 0 aromatic heterocycles. The molecule has 0 unspecified atom stereocenters. The van der Waals surface area contributed by atoms with Gasteiger partial charge in [0.1, 0.15) is 0 Å². The van der Waals surface area contributed by atoms with Crippen molar-refractivity contribution in [1.82, 2.24) is 5.32 Å². The Morgan fingerprint density at radius 1 is 0.962 bits per heavy atom. The molecule has 1 aliphatic rings. The van der Waals surface area contributed by atoms with Crippen LogP contribution < -0.4 is 16.4 Å². The molecular formula is C20H21N3O3. The highest BCUT2D eigenvalue weighted by atomic mass is 16.2. The Hall–Kier alpha value is -3.15. The van der Waals surface area contributed by atoms with E-state index in [0.717, 1.165) is 19.3 Å². The van der Waals surface area contributed by atoms with Crippen molar-refractivity contribution in [3.63, 3.8) is 0 Å². The Morgan fingerprint density at radius 3 is 2.31 bits per heavy atom. The number of anilines is 1. The fourth-order valence-corrected chi connectivity index (χ4v) is 3.23. The van der Waals surface area contributed by atoms with E-state index in [9.17, 15) is 14.4 Å². The normalized spacial score (nSPS) is 14.8. The van der Waals surface area contributed by atoms with Crippen LogP contribution in [0.25, 0.3) is 0 Å². The summed E-state index contributed by atoms with van der Waals surface area (Å²) in [5, 5.41) is 5.23. The van der Waals surface area contributed by atoms with E-state index in [-0.39, 0.29) is 11.0 Å². The van der Waals surface area contributed by atoms with Crippen LogP contribution in [-0.2, 0) is 15.0 Å².